The fourth-order valence-corrected chi connectivity index (χ4v) is 2.63. The van der Waals surface area contributed by atoms with Crippen molar-refractivity contribution in [2.45, 2.75) is 39.3 Å². The van der Waals surface area contributed by atoms with E-state index in [0.29, 0.717) is 6.04 Å². The summed E-state index contributed by atoms with van der Waals surface area (Å²) in [5.74, 6) is 0.796. The van der Waals surface area contributed by atoms with Crippen LogP contribution in [0.2, 0.25) is 0 Å². The third kappa shape index (κ3) is 3.75. The van der Waals surface area contributed by atoms with Crippen molar-refractivity contribution in [3.63, 3.8) is 0 Å². The number of nitrogens with zero attached hydrogens (tertiary/aromatic N) is 3. The maximum absolute atomic E-state index is 4.10. The first-order valence-corrected chi connectivity index (χ1v) is 7.02. The van der Waals surface area contributed by atoms with Crippen LogP contribution in [0.3, 0.4) is 0 Å². The first kappa shape index (κ1) is 13.4. The van der Waals surface area contributed by atoms with Gasteiger partial charge in [0.1, 0.15) is 0 Å². The molecule has 0 aromatic carbocycles. The molecule has 4 heteroatoms. The van der Waals surface area contributed by atoms with Crippen molar-refractivity contribution < 1.29 is 0 Å². The second-order valence-electron chi connectivity index (χ2n) is 5.16. The van der Waals surface area contributed by atoms with Crippen LogP contribution in [0.25, 0.3) is 0 Å². The molecule has 1 fully saturated rings. The monoisotopic (exact) mass is 248 g/mol. The van der Waals surface area contributed by atoms with Crippen LogP contribution >= 0.6 is 0 Å². The zero-order valence-corrected chi connectivity index (χ0v) is 11.5. The second-order valence-corrected chi connectivity index (χ2v) is 5.16. The Bertz CT molecular complexity index is 333. The summed E-state index contributed by atoms with van der Waals surface area (Å²) in [6.07, 6.45) is 4.33. The van der Waals surface area contributed by atoms with Crippen LogP contribution in [0, 0.1) is 5.92 Å². The van der Waals surface area contributed by atoms with E-state index in [1.54, 1.807) is 6.20 Å². The van der Waals surface area contributed by atoms with Gasteiger partial charge in [0.15, 0.2) is 0 Å². The molecule has 2 heterocycles. The van der Waals surface area contributed by atoms with E-state index in [4.69, 9.17) is 0 Å². The average Bonchev–Trinajstić information content (AvgIpc) is 2.46. The van der Waals surface area contributed by atoms with Crippen LogP contribution in [0.4, 0.5) is 0 Å². The topological polar surface area (TPSA) is 41.0 Å². The van der Waals surface area contributed by atoms with Crippen LogP contribution < -0.4 is 5.32 Å². The minimum Gasteiger partial charge on any atom is -0.308 e. The Labute approximate surface area is 110 Å². The van der Waals surface area contributed by atoms with Gasteiger partial charge in [-0.3, -0.25) is 0 Å². The van der Waals surface area contributed by atoms with Gasteiger partial charge in [0.25, 0.3) is 0 Å². The zero-order chi connectivity index (χ0) is 12.8. The Morgan fingerprint density at radius 2 is 2.22 bits per heavy atom. The van der Waals surface area contributed by atoms with Gasteiger partial charge in [0.2, 0.25) is 0 Å². The second kappa shape index (κ2) is 6.81. The first-order valence-electron chi connectivity index (χ1n) is 7.02. The molecule has 1 aliphatic heterocycles. The van der Waals surface area contributed by atoms with E-state index in [1.165, 1.54) is 32.5 Å². The van der Waals surface area contributed by atoms with Crippen molar-refractivity contribution in [1.82, 2.24) is 20.4 Å². The smallest absolute Gasteiger partial charge is 0.0769 e. The number of rotatable bonds is 5. The van der Waals surface area contributed by atoms with Gasteiger partial charge < -0.3 is 10.2 Å². The summed E-state index contributed by atoms with van der Waals surface area (Å²) in [5, 5.41) is 11.6. The molecule has 0 amide bonds. The van der Waals surface area contributed by atoms with E-state index in [-0.39, 0.29) is 0 Å². The molecular weight excluding hydrogens is 224 g/mol. The van der Waals surface area contributed by atoms with Crippen molar-refractivity contribution in [2.75, 3.05) is 19.6 Å². The normalized spacial score (nSPS) is 19.9. The van der Waals surface area contributed by atoms with Gasteiger partial charge in [0, 0.05) is 18.8 Å². The molecule has 1 saturated heterocycles. The minimum absolute atomic E-state index is 0.561. The lowest BCUT2D eigenvalue weighted by molar-refractivity contribution is 0.168. The molecule has 0 spiro atoms. The summed E-state index contributed by atoms with van der Waals surface area (Å²) in [6.45, 7) is 9.05. The van der Waals surface area contributed by atoms with Crippen molar-refractivity contribution in [3.05, 3.63) is 24.0 Å². The summed E-state index contributed by atoms with van der Waals surface area (Å²) >= 11 is 0. The molecule has 4 nitrogen and oxygen atoms in total. The van der Waals surface area contributed by atoms with Gasteiger partial charge in [-0.25, -0.2) is 0 Å². The third-order valence-corrected chi connectivity index (χ3v) is 4.02. The van der Waals surface area contributed by atoms with E-state index in [1.807, 2.05) is 12.1 Å². The lowest BCUT2D eigenvalue weighted by Crippen LogP contribution is -2.41. The molecule has 1 aliphatic rings. The summed E-state index contributed by atoms with van der Waals surface area (Å²) in [6, 6.07) is 4.52. The number of hydrogen-bond acceptors (Lipinski definition) is 4. The summed E-state index contributed by atoms with van der Waals surface area (Å²) < 4.78 is 0. The highest BCUT2D eigenvalue weighted by Crippen LogP contribution is 2.20. The zero-order valence-electron chi connectivity index (χ0n) is 11.5. The highest BCUT2D eigenvalue weighted by Gasteiger charge is 2.22. The van der Waals surface area contributed by atoms with Crippen molar-refractivity contribution in [3.8, 4) is 0 Å². The number of hydrogen-bond donors (Lipinski definition) is 1. The standard InChI is InChI=1S/C14H24N4/c1-3-18-9-6-13(7-10-18)12(2)15-11-14-5-4-8-16-17-14/h4-5,8,12-13,15H,3,6-7,9-11H2,1-2H3. The summed E-state index contributed by atoms with van der Waals surface area (Å²) in [4.78, 5) is 2.53. The van der Waals surface area contributed by atoms with E-state index in [9.17, 15) is 0 Å². The molecule has 1 unspecified atom stereocenters. The lowest BCUT2D eigenvalue weighted by atomic mass is 9.90. The molecule has 0 radical (unpaired) electrons. The molecule has 1 aromatic heterocycles. The Balaban J connectivity index is 1.73. The largest absolute Gasteiger partial charge is 0.308 e. The number of likely N-dealkylation sites (tertiary alicyclic amines) is 1. The first-order chi connectivity index (χ1) is 8.79. The van der Waals surface area contributed by atoms with Gasteiger partial charge in [-0.15, -0.1) is 0 Å². The number of nitrogens with one attached hydrogen (secondary N) is 1. The minimum atomic E-state index is 0.561. The molecule has 2 rings (SSSR count). The summed E-state index contributed by atoms with van der Waals surface area (Å²) in [7, 11) is 0. The van der Waals surface area contributed by atoms with Crippen LogP contribution in [0.5, 0.6) is 0 Å². The van der Waals surface area contributed by atoms with Gasteiger partial charge in [-0.05, 0) is 57.5 Å². The molecule has 100 valence electrons. The van der Waals surface area contributed by atoms with E-state index in [0.717, 1.165) is 18.2 Å². The van der Waals surface area contributed by atoms with Crippen molar-refractivity contribution in [1.29, 1.82) is 0 Å². The van der Waals surface area contributed by atoms with Crippen molar-refractivity contribution >= 4 is 0 Å². The van der Waals surface area contributed by atoms with Crippen molar-refractivity contribution in [2.24, 2.45) is 5.92 Å². The van der Waals surface area contributed by atoms with Gasteiger partial charge in [0.05, 0.1) is 5.69 Å². The van der Waals surface area contributed by atoms with Crippen LogP contribution in [-0.4, -0.2) is 40.8 Å². The van der Waals surface area contributed by atoms with Gasteiger partial charge >= 0.3 is 0 Å². The van der Waals surface area contributed by atoms with Crippen LogP contribution in [0.1, 0.15) is 32.4 Å². The maximum Gasteiger partial charge on any atom is 0.0769 e. The molecule has 18 heavy (non-hydrogen) atoms. The Kier molecular flexibility index (Phi) is 5.08. The average molecular weight is 248 g/mol. The molecule has 0 saturated carbocycles. The number of aromatic nitrogens is 2. The fourth-order valence-electron chi connectivity index (χ4n) is 2.63. The Morgan fingerprint density at radius 1 is 1.44 bits per heavy atom. The Hall–Kier alpha value is -1.00. The predicted molar refractivity (Wildman–Crippen MR) is 73.2 cm³/mol. The fraction of sp³-hybridized carbons (Fsp3) is 0.714. The molecule has 1 atom stereocenters. The van der Waals surface area contributed by atoms with E-state index < -0.39 is 0 Å². The molecule has 0 bridgehead atoms. The highest BCUT2D eigenvalue weighted by molar-refractivity contribution is 4.98. The predicted octanol–water partition coefficient (Wildman–Crippen LogP) is 1.69. The van der Waals surface area contributed by atoms with Crippen LogP contribution in [-0.2, 0) is 6.54 Å². The number of piperidine rings is 1. The van der Waals surface area contributed by atoms with Gasteiger partial charge in [-0.2, -0.15) is 10.2 Å². The van der Waals surface area contributed by atoms with E-state index >= 15 is 0 Å². The Morgan fingerprint density at radius 3 is 2.83 bits per heavy atom. The lowest BCUT2D eigenvalue weighted by Gasteiger charge is -2.34. The van der Waals surface area contributed by atoms with Crippen LogP contribution in [0.15, 0.2) is 18.3 Å². The van der Waals surface area contributed by atoms with E-state index in [2.05, 4.69) is 34.3 Å². The molecule has 1 aromatic rings. The maximum atomic E-state index is 4.10. The molecular formula is C14H24N4. The third-order valence-electron chi connectivity index (χ3n) is 4.02. The van der Waals surface area contributed by atoms with Gasteiger partial charge in [-0.1, -0.05) is 6.92 Å². The molecule has 0 aliphatic carbocycles. The molecule has 1 N–H and O–H groups in total. The SMILES string of the molecule is CCN1CCC(C(C)NCc2cccnn2)CC1. The quantitative estimate of drug-likeness (QED) is 0.861. The summed E-state index contributed by atoms with van der Waals surface area (Å²) in [5.41, 5.74) is 1.02. The highest BCUT2D eigenvalue weighted by atomic mass is 15.1.